The zero-order valence-corrected chi connectivity index (χ0v) is 17.2. The van der Waals surface area contributed by atoms with Gasteiger partial charge in [-0.05, 0) is 56.8 Å². The largest absolute Gasteiger partial charge is 0.422 e. The molecule has 6 heteroatoms. The number of rotatable bonds is 6. The summed E-state index contributed by atoms with van der Waals surface area (Å²) in [5, 5.41) is 4.65. The van der Waals surface area contributed by atoms with Gasteiger partial charge in [-0.1, -0.05) is 29.8 Å². The molecule has 0 unspecified atom stereocenters. The lowest BCUT2D eigenvalue weighted by Crippen LogP contribution is -2.32. The first-order chi connectivity index (χ1) is 13.3. The second kappa shape index (κ2) is 8.43. The molecule has 0 radical (unpaired) electrons. The van der Waals surface area contributed by atoms with Crippen LogP contribution in [-0.2, 0) is 6.54 Å². The molecule has 0 aliphatic heterocycles. The average Bonchev–Trinajstić information content (AvgIpc) is 2.63. The van der Waals surface area contributed by atoms with E-state index in [0.717, 1.165) is 22.1 Å². The van der Waals surface area contributed by atoms with E-state index in [0.29, 0.717) is 29.3 Å². The Hall–Kier alpha value is -2.21. The Morgan fingerprint density at radius 1 is 1.21 bits per heavy atom. The molecule has 1 aromatic heterocycles. The quantitative estimate of drug-likeness (QED) is 0.612. The summed E-state index contributed by atoms with van der Waals surface area (Å²) in [4.78, 5) is 13.9. The third-order valence-corrected chi connectivity index (χ3v) is 5.46. The zero-order chi connectivity index (χ0) is 20.4. The molecule has 148 valence electrons. The summed E-state index contributed by atoms with van der Waals surface area (Å²) in [7, 11) is 3.77. The predicted molar refractivity (Wildman–Crippen MR) is 112 cm³/mol. The van der Waals surface area contributed by atoms with Crippen LogP contribution in [0.15, 0.2) is 45.6 Å². The molecule has 0 aliphatic rings. The molecule has 0 spiro atoms. The molecule has 0 fully saturated rings. The molecule has 2 aromatic carbocycles. The fourth-order valence-corrected chi connectivity index (χ4v) is 3.68. The van der Waals surface area contributed by atoms with Gasteiger partial charge in [0.05, 0.1) is 6.04 Å². The first kappa shape index (κ1) is 20.5. The second-order valence-corrected chi connectivity index (χ2v) is 7.63. The predicted octanol–water partition coefficient (Wildman–Crippen LogP) is 4.59. The molecule has 1 atom stereocenters. The fourth-order valence-electron chi connectivity index (χ4n) is 3.39. The lowest BCUT2D eigenvalue weighted by atomic mass is 10.0. The van der Waals surface area contributed by atoms with Gasteiger partial charge in [-0.25, -0.2) is 9.18 Å². The Morgan fingerprint density at radius 2 is 1.96 bits per heavy atom. The van der Waals surface area contributed by atoms with Gasteiger partial charge in [-0.2, -0.15) is 0 Å². The number of hydrogen-bond acceptors (Lipinski definition) is 4. The summed E-state index contributed by atoms with van der Waals surface area (Å²) >= 11 is 6.25. The maximum absolute atomic E-state index is 14.4. The summed E-state index contributed by atoms with van der Waals surface area (Å²) in [6, 6.07) is 9.95. The smallest absolute Gasteiger partial charge is 0.336 e. The van der Waals surface area contributed by atoms with Crippen LogP contribution in [0, 0.1) is 19.7 Å². The van der Waals surface area contributed by atoms with Crippen molar-refractivity contribution in [3.8, 4) is 0 Å². The van der Waals surface area contributed by atoms with E-state index in [1.807, 2.05) is 45.0 Å². The van der Waals surface area contributed by atoms with Crippen LogP contribution in [0.1, 0.15) is 28.3 Å². The lowest BCUT2D eigenvalue weighted by Gasteiger charge is -2.26. The number of halogens is 2. The van der Waals surface area contributed by atoms with Crippen molar-refractivity contribution in [3.05, 3.63) is 79.9 Å². The number of benzene rings is 2. The van der Waals surface area contributed by atoms with Crippen molar-refractivity contribution in [1.82, 2.24) is 10.2 Å². The number of likely N-dealkylation sites (N-methyl/N-ethyl adjacent to an activating group) is 1. The normalized spacial score (nSPS) is 12.7. The molecule has 1 N–H and O–H groups in total. The molecule has 0 amide bonds. The van der Waals surface area contributed by atoms with Gasteiger partial charge >= 0.3 is 5.63 Å². The Balaban J connectivity index is 1.86. The van der Waals surface area contributed by atoms with Crippen LogP contribution in [0.5, 0.6) is 0 Å². The van der Waals surface area contributed by atoms with Crippen LogP contribution in [0.4, 0.5) is 4.39 Å². The summed E-state index contributed by atoms with van der Waals surface area (Å²) in [5.41, 5.74) is 3.59. The van der Waals surface area contributed by atoms with Crippen molar-refractivity contribution >= 4 is 22.6 Å². The van der Waals surface area contributed by atoms with Gasteiger partial charge in [0, 0.05) is 35.1 Å². The van der Waals surface area contributed by atoms with Crippen molar-refractivity contribution in [2.45, 2.75) is 26.4 Å². The Labute approximate surface area is 168 Å². The highest BCUT2D eigenvalue weighted by atomic mass is 35.5. The van der Waals surface area contributed by atoms with Gasteiger partial charge in [0.2, 0.25) is 0 Å². The van der Waals surface area contributed by atoms with Gasteiger partial charge < -0.3 is 14.6 Å². The summed E-state index contributed by atoms with van der Waals surface area (Å²) in [6.45, 7) is 4.86. The molecular weight excluding hydrogens is 379 g/mol. The van der Waals surface area contributed by atoms with E-state index in [1.165, 1.54) is 12.1 Å². The van der Waals surface area contributed by atoms with E-state index < -0.39 is 0 Å². The maximum atomic E-state index is 14.4. The topological polar surface area (TPSA) is 45.5 Å². The molecule has 4 nitrogen and oxygen atoms in total. The number of aryl methyl sites for hydroxylation is 2. The molecule has 1 heterocycles. The second-order valence-electron chi connectivity index (χ2n) is 7.22. The molecule has 0 saturated heterocycles. The van der Waals surface area contributed by atoms with E-state index in [9.17, 15) is 9.18 Å². The Bertz CT molecular complexity index is 1040. The molecule has 28 heavy (non-hydrogen) atoms. The Morgan fingerprint density at radius 3 is 2.64 bits per heavy atom. The van der Waals surface area contributed by atoms with Crippen molar-refractivity contribution < 1.29 is 8.81 Å². The van der Waals surface area contributed by atoms with Gasteiger partial charge in [-0.3, -0.25) is 0 Å². The van der Waals surface area contributed by atoms with Gasteiger partial charge in [0.15, 0.2) is 0 Å². The molecule has 3 rings (SSSR count). The van der Waals surface area contributed by atoms with Crippen molar-refractivity contribution in [3.63, 3.8) is 0 Å². The first-order valence-corrected chi connectivity index (χ1v) is 9.51. The van der Waals surface area contributed by atoms with Gasteiger partial charge in [-0.15, -0.1) is 0 Å². The molecule has 0 bridgehead atoms. The lowest BCUT2D eigenvalue weighted by molar-refractivity contribution is 0.281. The number of hydrogen-bond donors (Lipinski definition) is 1. The highest BCUT2D eigenvalue weighted by Crippen LogP contribution is 2.29. The average molecular weight is 403 g/mol. The number of nitrogens with zero attached hydrogens (tertiary/aromatic N) is 1. The van der Waals surface area contributed by atoms with Crippen molar-refractivity contribution in [1.29, 1.82) is 0 Å². The monoisotopic (exact) mass is 402 g/mol. The van der Waals surface area contributed by atoms with Crippen LogP contribution >= 0.6 is 11.6 Å². The number of fused-ring (bicyclic) bond motifs is 1. The first-order valence-electron chi connectivity index (χ1n) is 9.13. The van der Waals surface area contributed by atoms with Crippen molar-refractivity contribution in [2.24, 2.45) is 0 Å². The SMILES string of the molecule is Cc1ccc2c(CNC[C@@H](c3c(F)cccc3Cl)N(C)C)cc(=O)oc2c1C. The van der Waals surface area contributed by atoms with Gasteiger partial charge in [0.1, 0.15) is 11.4 Å². The van der Waals surface area contributed by atoms with E-state index in [2.05, 4.69) is 5.32 Å². The standard InChI is InChI=1S/C22H24ClFN2O2/c1-13-8-9-16-15(10-20(27)28-22(16)14(13)2)11-25-12-19(26(3)4)21-17(23)6-5-7-18(21)24/h5-10,19,25H,11-12H2,1-4H3/t19-/m0/s1. The van der Waals surface area contributed by atoms with Crippen LogP contribution in [0.25, 0.3) is 11.0 Å². The van der Waals surface area contributed by atoms with Crippen LogP contribution in [0.2, 0.25) is 5.02 Å². The highest BCUT2D eigenvalue weighted by Gasteiger charge is 2.21. The highest BCUT2D eigenvalue weighted by molar-refractivity contribution is 6.31. The number of nitrogens with one attached hydrogen (secondary N) is 1. The summed E-state index contributed by atoms with van der Waals surface area (Å²) in [5.74, 6) is -0.329. The van der Waals surface area contributed by atoms with E-state index in [4.69, 9.17) is 16.0 Å². The minimum absolute atomic E-state index is 0.246. The molecular formula is C22H24ClFN2O2. The zero-order valence-electron chi connectivity index (χ0n) is 16.5. The molecule has 0 aliphatic carbocycles. The van der Waals surface area contributed by atoms with Crippen LogP contribution < -0.4 is 10.9 Å². The van der Waals surface area contributed by atoms with Crippen LogP contribution in [0.3, 0.4) is 0 Å². The van der Waals surface area contributed by atoms with E-state index in [1.54, 1.807) is 12.1 Å². The van der Waals surface area contributed by atoms with Crippen LogP contribution in [-0.4, -0.2) is 25.5 Å². The summed E-state index contributed by atoms with van der Waals surface area (Å²) < 4.78 is 19.8. The van der Waals surface area contributed by atoms with Gasteiger partial charge in [0.25, 0.3) is 0 Å². The minimum Gasteiger partial charge on any atom is -0.422 e. The summed E-state index contributed by atoms with van der Waals surface area (Å²) in [6.07, 6.45) is 0. The fraction of sp³-hybridized carbons (Fsp3) is 0.318. The third kappa shape index (κ3) is 4.12. The molecule has 0 saturated carbocycles. The van der Waals surface area contributed by atoms with Crippen molar-refractivity contribution in [2.75, 3.05) is 20.6 Å². The minimum atomic E-state index is -0.376. The molecule has 3 aromatic rings. The maximum Gasteiger partial charge on any atom is 0.336 e. The van der Waals surface area contributed by atoms with E-state index in [-0.39, 0.29) is 17.5 Å². The third-order valence-electron chi connectivity index (χ3n) is 5.13. The van der Waals surface area contributed by atoms with E-state index >= 15 is 0 Å². The Kier molecular flexibility index (Phi) is 6.18.